The average molecular weight is 250 g/mol. The maximum Gasteiger partial charge on any atom is 0.148 e. The van der Waals surface area contributed by atoms with Gasteiger partial charge in [0.1, 0.15) is 11.6 Å². The van der Waals surface area contributed by atoms with Gasteiger partial charge in [0.05, 0.1) is 5.69 Å². The van der Waals surface area contributed by atoms with Gasteiger partial charge < -0.3 is 5.11 Å². The molecule has 2 aromatic rings. The van der Waals surface area contributed by atoms with Crippen LogP contribution in [0.5, 0.6) is 5.75 Å². The van der Waals surface area contributed by atoms with Crippen molar-refractivity contribution in [3.8, 4) is 5.75 Å². The van der Waals surface area contributed by atoms with Crippen molar-refractivity contribution in [3.63, 3.8) is 0 Å². The highest BCUT2D eigenvalue weighted by Crippen LogP contribution is 2.21. The summed E-state index contributed by atoms with van der Waals surface area (Å²) in [6.07, 6.45) is 1.37. The van der Waals surface area contributed by atoms with Crippen molar-refractivity contribution in [2.75, 3.05) is 0 Å². The second kappa shape index (κ2) is 4.97. The molecule has 2 aromatic carbocycles. The summed E-state index contributed by atoms with van der Waals surface area (Å²) in [7, 11) is 0. The fraction of sp³-hybridized carbons (Fsp3) is 0. The molecule has 2 nitrogen and oxygen atoms in total. The van der Waals surface area contributed by atoms with Gasteiger partial charge in [-0.05, 0) is 30.3 Å². The summed E-state index contributed by atoms with van der Waals surface area (Å²) in [5, 5.41) is 10.0. The molecule has 0 aliphatic carbocycles. The van der Waals surface area contributed by atoms with Gasteiger partial charge in [0.2, 0.25) is 0 Å². The lowest BCUT2D eigenvalue weighted by Crippen LogP contribution is -1.83. The molecule has 4 heteroatoms. The molecule has 0 unspecified atom stereocenters. The maximum atomic E-state index is 13.3. The molecular weight excluding hydrogens is 241 g/mol. The van der Waals surface area contributed by atoms with Gasteiger partial charge >= 0.3 is 0 Å². The first-order chi connectivity index (χ1) is 8.16. The number of nitrogens with zero attached hydrogens (tertiary/aromatic N) is 1. The lowest BCUT2D eigenvalue weighted by atomic mass is 10.2. The average Bonchev–Trinajstić information content (AvgIpc) is 2.32. The molecule has 0 radical (unpaired) electrons. The van der Waals surface area contributed by atoms with E-state index in [1.165, 1.54) is 18.3 Å². The minimum absolute atomic E-state index is 0.0505. The molecule has 0 spiro atoms. The standard InChI is InChI=1S/C13H9ClFNO/c14-10-5-6-13(17)9(7-10)8-16-12-4-2-1-3-11(12)15/h1-8,17H/b16-8+. The normalized spacial score (nSPS) is 10.9. The molecule has 17 heavy (non-hydrogen) atoms. The molecule has 0 saturated carbocycles. The van der Waals surface area contributed by atoms with E-state index in [4.69, 9.17) is 11.6 Å². The van der Waals surface area contributed by atoms with Crippen molar-refractivity contribution in [1.29, 1.82) is 0 Å². The first-order valence-electron chi connectivity index (χ1n) is 4.94. The monoisotopic (exact) mass is 249 g/mol. The van der Waals surface area contributed by atoms with Crippen molar-refractivity contribution in [1.82, 2.24) is 0 Å². The number of halogens is 2. The van der Waals surface area contributed by atoms with E-state index in [1.54, 1.807) is 30.3 Å². The van der Waals surface area contributed by atoms with Crippen LogP contribution in [0.15, 0.2) is 47.5 Å². The molecule has 0 amide bonds. The Morgan fingerprint density at radius 3 is 2.71 bits per heavy atom. The van der Waals surface area contributed by atoms with E-state index in [0.717, 1.165) is 0 Å². The van der Waals surface area contributed by atoms with Crippen LogP contribution in [0.2, 0.25) is 5.02 Å². The Balaban J connectivity index is 2.32. The zero-order chi connectivity index (χ0) is 12.3. The third-order valence-electron chi connectivity index (χ3n) is 2.18. The number of hydrogen-bond donors (Lipinski definition) is 1. The second-order valence-corrected chi connectivity index (χ2v) is 3.85. The number of phenols is 1. The van der Waals surface area contributed by atoms with Crippen LogP contribution in [0.4, 0.5) is 10.1 Å². The third-order valence-corrected chi connectivity index (χ3v) is 2.42. The zero-order valence-corrected chi connectivity index (χ0v) is 9.53. The van der Waals surface area contributed by atoms with E-state index in [1.807, 2.05) is 0 Å². The highest BCUT2D eigenvalue weighted by atomic mass is 35.5. The van der Waals surface area contributed by atoms with E-state index in [-0.39, 0.29) is 11.4 Å². The topological polar surface area (TPSA) is 32.6 Å². The summed E-state index contributed by atoms with van der Waals surface area (Å²) < 4.78 is 13.3. The van der Waals surface area contributed by atoms with Crippen molar-refractivity contribution in [3.05, 3.63) is 58.9 Å². The molecule has 0 heterocycles. The number of rotatable bonds is 2. The molecule has 1 N–H and O–H groups in total. The van der Waals surface area contributed by atoms with Crippen LogP contribution in [0.3, 0.4) is 0 Å². The molecule has 0 aromatic heterocycles. The van der Waals surface area contributed by atoms with E-state index in [9.17, 15) is 9.50 Å². The van der Waals surface area contributed by atoms with Gasteiger partial charge in [0, 0.05) is 16.8 Å². The van der Waals surface area contributed by atoms with Crippen LogP contribution < -0.4 is 0 Å². The predicted molar refractivity (Wildman–Crippen MR) is 66.8 cm³/mol. The zero-order valence-electron chi connectivity index (χ0n) is 8.77. The van der Waals surface area contributed by atoms with Gasteiger partial charge in [-0.2, -0.15) is 0 Å². The largest absolute Gasteiger partial charge is 0.507 e. The number of hydrogen-bond acceptors (Lipinski definition) is 2. The van der Waals surface area contributed by atoms with Crippen LogP contribution in [-0.4, -0.2) is 11.3 Å². The Bertz CT molecular complexity index is 569. The minimum Gasteiger partial charge on any atom is -0.507 e. The van der Waals surface area contributed by atoms with Crippen molar-refractivity contribution in [2.24, 2.45) is 4.99 Å². The molecule has 0 fully saturated rings. The highest BCUT2D eigenvalue weighted by molar-refractivity contribution is 6.30. The Hall–Kier alpha value is -1.87. The third kappa shape index (κ3) is 2.82. The van der Waals surface area contributed by atoms with Gasteiger partial charge in [-0.25, -0.2) is 4.39 Å². The summed E-state index contributed by atoms with van der Waals surface area (Å²) in [5.74, 6) is -0.361. The smallest absolute Gasteiger partial charge is 0.148 e. The van der Waals surface area contributed by atoms with E-state index >= 15 is 0 Å². The fourth-order valence-electron chi connectivity index (χ4n) is 1.32. The Labute approximate surface area is 103 Å². The number of aliphatic imine (C=N–C) groups is 1. The van der Waals surface area contributed by atoms with Crippen LogP contribution in [-0.2, 0) is 0 Å². The predicted octanol–water partition coefficient (Wildman–Crippen LogP) is 3.94. The van der Waals surface area contributed by atoms with Gasteiger partial charge in [-0.1, -0.05) is 23.7 Å². The first kappa shape index (κ1) is 11.6. The van der Waals surface area contributed by atoms with Crippen LogP contribution in [0, 0.1) is 5.82 Å². The summed E-state index contributed by atoms with van der Waals surface area (Å²) in [6.45, 7) is 0. The minimum atomic E-state index is -0.412. The Morgan fingerprint density at radius 1 is 1.18 bits per heavy atom. The van der Waals surface area contributed by atoms with Gasteiger partial charge in [-0.3, -0.25) is 4.99 Å². The van der Waals surface area contributed by atoms with Crippen molar-refractivity contribution in [2.45, 2.75) is 0 Å². The van der Waals surface area contributed by atoms with Crippen LogP contribution in [0.1, 0.15) is 5.56 Å². The summed E-state index contributed by atoms with van der Waals surface area (Å²) in [6, 6.07) is 10.7. The fourth-order valence-corrected chi connectivity index (χ4v) is 1.50. The first-order valence-corrected chi connectivity index (χ1v) is 5.32. The van der Waals surface area contributed by atoms with E-state index < -0.39 is 5.82 Å². The van der Waals surface area contributed by atoms with Crippen molar-refractivity contribution < 1.29 is 9.50 Å². The van der Waals surface area contributed by atoms with Crippen LogP contribution >= 0.6 is 11.6 Å². The molecular formula is C13H9ClFNO. The Kier molecular flexibility index (Phi) is 3.40. The molecule has 2 rings (SSSR count). The Morgan fingerprint density at radius 2 is 1.94 bits per heavy atom. The van der Waals surface area contributed by atoms with E-state index in [0.29, 0.717) is 10.6 Å². The second-order valence-electron chi connectivity index (χ2n) is 3.41. The maximum absolute atomic E-state index is 13.3. The molecule has 0 aliphatic rings. The quantitative estimate of drug-likeness (QED) is 0.804. The molecule has 0 atom stereocenters. The summed E-state index contributed by atoms with van der Waals surface area (Å²) >= 11 is 5.78. The SMILES string of the molecule is Oc1ccc(Cl)cc1/C=N/c1ccccc1F. The molecule has 0 saturated heterocycles. The van der Waals surface area contributed by atoms with Crippen LogP contribution in [0.25, 0.3) is 0 Å². The number of benzene rings is 2. The number of phenolic OH excluding ortho intramolecular Hbond substituents is 1. The van der Waals surface area contributed by atoms with Gasteiger partial charge in [-0.15, -0.1) is 0 Å². The van der Waals surface area contributed by atoms with Gasteiger partial charge in [0.15, 0.2) is 0 Å². The van der Waals surface area contributed by atoms with Gasteiger partial charge in [0.25, 0.3) is 0 Å². The molecule has 86 valence electrons. The number of aromatic hydroxyl groups is 1. The highest BCUT2D eigenvalue weighted by Gasteiger charge is 2.00. The van der Waals surface area contributed by atoms with Crippen molar-refractivity contribution >= 4 is 23.5 Å². The summed E-state index contributed by atoms with van der Waals surface area (Å²) in [5.41, 5.74) is 0.660. The molecule has 0 aliphatic heterocycles. The lowest BCUT2D eigenvalue weighted by Gasteiger charge is -1.99. The number of para-hydroxylation sites is 1. The van der Waals surface area contributed by atoms with E-state index in [2.05, 4.69) is 4.99 Å². The lowest BCUT2D eigenvalue weighted by molar-refractivity contribution is 0.474. The summed E-state index contributed by atoms with van der Waals surface area (Å²) in [4.78, 5) is 3.96. The molecule has 0 bridgehead atoms.